The third kappa shape index (κ3) is 5.54. The molecule has 10 heteroatoms. The summed E-state index contributed by atoms with van der Waals surface area (Å²) in [6.07, 6.45) is 6.65. The van der Waals surface area contributed by atoms with Gasteiger partial charge in [-0.15, -0.1) is 0 Å². The predicted molar refractivity (Wildman–Crippen MR) is 136 cm³/mol. The van der Waals surface area contributed by atoms with Crippen LogP contribution in [0, 0.1) is 11.6 Å². The van der Waals surface area contributed by atoms with E-state index >= 15 is 4.39 Å². The maximum Gasteiger partial charge on any atom is 0.276 e. The second kappa shape index (κ2) is 11.3. The first-order valence-electron chi connectivity index (χ1n) is 12.0. The van der Waals surface area contributed by atoms with E-state index in [2.05, 4.69) is 20.2 Å². The summed E-state index contributed by atoms with van der Waals surface area (Å²) < 4.78 is 35.3. The van der Waals surface area contributed by atoms with E-state index in [0.29, 0.717) is 18.8 Å². The van der Waals surface area contributed by atoms with Crippen molar-refractivity contribution < 1.29 is 18.3 Å². The van der Waals surface area contributed by atoms with Crippen molar-refractivity contribution in [3.63, 3.8) is 0 Å². The minimum Gasteiger partial charge on any atom is -0.490 e. The molecule has 190 valence electrons. The van der Waals surface area contributed by atoms with Gasteiger partial charge in [0, 0.05) is 25.3 Å². The molecule has 8 nitrogen and oxygen atoms in total. The number of aromatic nitrogens is 2. The van der Waals surface area contributed by atoms with Gasteiger partial charge in [-0.3, -0.25) is 9.78 Å². The van der Waals surface area contributed by atoms with E-state index in [1.165, 1.54) is 24.4 Å². The zero-order valence-corrected chi connectivity index (χ0v) is 20.1. The van der Waals surface area contributed by atoms with Crippen LogP contribution < -0.4 is 26.4 Å². The normalized spacial score (nSPS) is 15.6. The number of carbonyl (C=O) groups excluding carboxylic acids is 1. The Morgan fingerprint density at radius 3 is 2.86 bits per heavy atom. The van der Waals surface area contributed by atoms with Gasteiger partial charge in [-0.2, -0.15) is 0 Å². The third-order valence-electron chi connectivity index (χ3n) is 6.05. The Labute approximate surface area is 208 Å². The SMILES string of the molecule is CCCCOc1ccc(F)c(-c2ccc(N)c(C(=O)Nc3cnccc3N3CCC[C@H](N)C3)n2)c1F. The van der Waals surface area contributed by atoms with Crippen LogP contribution in [0.3, 0.4) is 0 Å². The molecule has 1 saturated heterocycles. The van der Waals surface area contributed by atoms with Gasteiger partial charge in [-0.25, -0.2) is 13.8 Å². The van der Waals surface area contributed by atoms with E-state index in [0.717, 1.165) is 44.0 Å². The van der Waals surface area contributed by atoms with Gasteiger partial charge in [0.2, 0.25) is 0 Å². The monoisotopic (exact) mass is 496 g/mol. The first-order chi connectivity index (χ1) is 17.4. The van der Waals surface area contributed by atoms with Gasteiger partial charge in [0.1, 0.15) is 5.82 Å². The van der Waals surface area contributed by atoms with E-state index < -0.39 is 17.5 Å². The molecule has 3 aromatic rings. The fourth-order valence-corrected chi connectivity index (χ4v) is 4.17. The van der Waals surface area contributed by atoms with Crippen molar-refractivity contribution in [2.24, 2.45) is 5.73 Å². The molecule has 1 fully saturated rings. The van der Waals surface area contributed by atoms with Gasteiger partial charge < -0.3 is 26.4 Å². The highest BCUT2D eigenvalue weighted by molar-refractivity contribution is 6.08. The number of rotatable bonds is 8. The number of piperidine rings is 1. The fourth-order valence-electron chi connectivity index (χ4n) is 4.17. The first-order valence-corrected chi connectivity index (χ1v) is 12.0. The largest absolute Gasteiger partial charge is 0.490 e. The number of anilines is 3. The van der Waals surface area contributed by atoms with Crippen LogP contribution in [0.15, 0.2) is 42.7 Å². The quantitative estimate of drug-likeness (QED) is 0.396. The number of hydrogen-bond acceptors (Lipinski definition) is 7. The number of nitrogens with one attached hydrogen (secondary N) is 1. The molecule has 2 aromatic heterocycles. The summed E-state index contributed by atoms with van der Waals surface area (Å²) in [5.41, 5.74) is 12.8. The van der Waals surface area contributed by atoms with Crippen LogP contribution in [0.2, 0.25) is 0 Å². The third-order valence-corrected chi connectivity index (χ3v) is 6.05. The number of amides is 1. The van der Waals surface area contributed by atoms with E-state index in [9.17, 15) is 9.18 Å². The number of benzene rings is 1. The van der Waals surface area contributed by atoms with Gasteiger partial charge in [0.15, 0.2) is 17.3 Å². The van der Waals surface area contributed by atoms with Crippen LogP contribution in [0.25, 0.3) is 11.3 Å². The molecule has 36 heavy (non-hydrogen) atoms. The summed E-state index contributed by atoms with van der Waals surface area (Å²) in [4.78, 5) is 23.6. The fraction of sp³-hybridized carbons (Fsp3) is 0.346. The summed E-state index contributed by atoms with van der Waals surface area (Å²) in [7, 11) is 0. The molecule has 0 bridgehead atoms. The molecular formula is C26H30F2N6O2. The maximum atomic E-state index is 15.2. The number of ether oxygens (including phenoxy) is 1. The van der Waals surface area contributed by atoms with Gasteiger partial charge in [0.05, 0.1) is 41.1 Å². The van der Waals surface area contributed by atoms with Crippen LogP contribution >= 0.6 is 0 Å². The molecule has 0 radical (unpaired) electrons. The minimum absolute atomic E-state index is 0.0379. The van der Waals surface area contributed by atoms with Crippen LogP contribution in [-0.2, 0) is 0 Å². The van der Waals surface area contributed by atoms with Gasteiger partial charge in [-0.05, 0) is 49.6 Å². The average Bonchev–Trinajstić information content (AvgIpc) is 2.87. The van der Waals surface area contributed by atoms with Crippen LogP contribution in [0.5, 0.6) is 5.75 Å². The Hall–Kier alpha value is -3.79. The molecule has 4 rings (SSSR count). The zero-order chi connectivity index (χ0) is 25.7. The molecule has 5 N–H and O–H groups in total. The standard InChI is InChI=1S/C26H30F2N6O2/c1-2-3-13-36-22-9-6-17(27)23(24(22)28)19-8-7-18(30)25(32-19)26(35)33-20-14-31-11-10-21(20)34-12-4-5-16(29)15-34/h6-11,14,16H,2-5,12-13,15,29-30H2,1H3,(H,33,35)/t16-/m0/s1. The number of hydrogen-bond donors (Lipinski definition) is 3. The first kappa shape index (κ1) is 25.3. The van der Waals surface area contributed by atoms with E-state index in [4.69, 9.17) is 16.2 Å². The lowest BCUT2D eigenvalue weighted by molar-refractivity contribution is 0.102. The Kier molecular flexibility index (Phi) is 7.94. The molecule has 1 atom stereocenters. The second-order valence-corrected chi connectivity index (χ2v) is 8.77. The van der Waals surface area contributed by atoms with Gasteiger partial charge in [-0.1, -0.05) is 13.3 Å². The van der Waals surface area contributed by atoms with Crippen molar-refractivity contribution >= 4 is 23.0 Å². The Morgan fingerprint density at radius 1 is 1.25 bits per heavy atom. The van der Waals surface area contributed by atoms with Crippen molar-refractivity contribution in [1.29, 1.82) is 0 Å². The van der Waals surface area contributed by atoms with Crippen LogP contribution in [0.1, 0.15) is 43.1 Å². The highest BCUT2D eigenvalue weighted by Gasteiger charge is 2.23. The molecule has 0 unspecified atom stereocenters. The summed E-state index contributed by atoms with van der Waals surface area (Å²) in [6, 6.07) is 6.96. The molecule has 3 heterocycles. The molecule has 0 saturated carbocycles. The Morgan fingerprint density at radius 2 is 2.08 bits per heavy atom. The highest BCUT2D eigenvalue weighted by atomic mass is 19.1. The molecule has 1 amide bonds. The molecule has 0 aliphatic carbocycles. The molecule has 1 aromatic carbocycles. The van der Waals surface area contributed by atoms with E-state index in [-0.39, 0.29) is 34.4 Å². The number of unbranched alkanes of at least 4 members (excludes halogenated alkanes) is 1. The van der Waals surface area contributed by atoms with Crippen LogP contribution in [-0.4, -0.2) is 41.6 Å². The number of nitrogen functional groups attached to an aromatic ring is 1. The van der Waals surface area contributed by atoms with Crippen molar-refractivity contribution in [3.05, 3.63) is 60.1 Å². The highest BCUT2D eigenvalue weighted by Crippen LogP contribution is 2.33. The summed E-state index contributed by atoms with van der Waals surface area (Å²) >= 11 is 0. The summed E-state index contributed by atoms with van der Waals surface area (Å²) in [6.45, 7) is 3.73. The lowest BCUT2D eigenvalue weighted by Crippen LogP contribution is -2.43. The van der Waals surface area contributed by atoms with E-state index in [1.54, 1.807) is 12.3 Å². The van der Waals surface area contributed by atoms with Gasteiger partial charge >= 0.3 is 0 Å². The lowest BCUT2D eigenvalue weighted by atomic mass is 10.1. The van der Waals surface area contributed by atoms with Crippen molar-refractivity contribution in [1.82, 2.24) is 9.97 Å². The molecule has 0 spiro atoms. The van der Waals surface area contributed by atoms with E-state index in [1.807, 2.05) is 6.92 Å². The second-order valence-electron chi connectivity index (χ2n) is 8.77. The smallest absolute Gasteiger partial charge is 0.276 e. The van der Waals surface area contributed by atoms with Crippen molar-refractivity contribution in [2.75, 3.05) is 35.6 Å². The topological polar surface area (TPSA) is 119 Å². The van der Waals surface area contributed by atoms with Crippen molar-refractivity contribution in [3.8, 4) is 17.0 Å². The average molecular weight is 497 g/mol. The van der Waals surface area contributed by atoms with Crippen LogP contribution in [0.4, 0.5) is 25.8 Å². The maximum absolute atomic E-state index is 15.2. The number of nitrogens with zero attached hydrogens (tertiary/aromatic N) is 3. The lowest BCUT2D eigenvalue weighted by Gasteiger charge is -2.33. The molecule has 1 aliphatic rings. The number of pyridine rings is 2. The number of halogens is 2. The summed E-state index contributed by atoms with van der Waals surface area (Å²) in [5.74, 6) is -2.41. The predicted octanol–water partition coefficient (Wildman–Crippen LogP) is 4.36. The Balaban J connectivity index is 1.63. The van der Waals surface area contributed by atoms with Crippen molar-refractivity contribution in [2.45, 2.75) is 38.6 Å². The number of nitrogens with two attached hydrogens (primary N) is 2. The Bertz CT molecular complexity index is 1240. The summed E-state index contributed by atoms with van der Waals surface area (Å²) in [5, 5.41) is 2.79. The molecule has 1 aliphatic heterocycles. The van der Waals surface area contributed by atoms with Gasteiger partial charge in [0.25, 0.3) is 5.91 Å². The minimum atomic E-state index is -0.884. The number of carbonyl (C=O) groups is 1. The zero-order valence-electron chi connectivity index (χ0n) is 20.1. The molecular weight excluding hydrogens is 466 g/mol.